The highest BCUT2D eigenvalue weighted by atomic mass is 16.5. The molecule has 6 rings (SSSR count). The van der Waals surface area contributed by atoms with Gasteiger partial charge in [-0.2, -0.15) is 0 Å². The molecule has 0 radical (unpaired) electrons. The minimum Gasteiger partial charge on any atom is -0.508 e. The summed E-state index contributed by atoms with van der Waals surface area (Å²) < 4.78 is 11.9. The Morgan fingerprint density at radius 2 is 1.22 bits per heavy atom. The van der Waals surface area contributed by atoms with Crippen molar-refractivity contribution in [1.82, 2.24) is 0 Å². The van der Waals surface area contributed by atoms with Crippen molar-refractivity contribution in [3.05, 3.63) is 88.5 Å². The van der Waals surface area contributed by atoms with Gasteiger partial charge >= 0.3 is 0 Å². The van der Waals surface area contributed by atoms with Crippen LogP contribution in [0.2, 0.25) is 0 Å². The third-order valence-corrected chi connectivity index (χ3v) is 7.59. The van der Waals surface area contributed by atoms with E-state index in [0.29, 0.717) is 22.3 Å². The zero-order chi connectivity index (χ0) is 29.2. The molecular weight excluding hydrogens is 536 g/mol. The number of hydrogen-bond donors (Lipinski definition) is 9. The standard InChI is InChI=1S/C30H26O11/c31-15-3-4-16-23(11-15)40-29(13-2-6-19(33)21(35)9-13)26(38)24(16)17-7-14-10-22(36)28(41-30(14)27(39)25(17)37)12-1-5-18(32)20(34)8-12/h1-9,11,22,24,26,28-29,31-39H,10H2/t22-,24+,26-,28+,29+/m0/s1. The van der Waals surface area contributed by atoms with Crippen molar-refractivity contribution < 1.29 is 55.4 Å². The summed E-state index contributed by atoms with van der Waals surface area (Å²) in [7, 11) is 0. The van der Waals surface area contributed by atoms with E-state index in [1.165, 1.54) is 60.7 Å². The van der Waals surface area contributed by atoms with Crippen molar-refractivity contribution in [3.8, 4) is 51.7 Å². The molecule has 5 atom stereocenters. The molecule has 0 unspecified atom stereocenters. The monoisotopic (exact) mass is 562 g/mol. The highest BCUT2D eigenvalue weighted by Crippen LogP contribution is 2.54. The Labute approximate surface area is 232 Å². The summed E-state index contributed by atoms with van der Waals surface area (Å²) in [6.07, 6.45) is -4.71. The van der Waals surface area contributed by atoms with Gasteiger partial charge in [-0.25, -0.2) is 0 Å². The van der Waals surface area contributed by atoms with Gasteiger partial charge < -0.3 is 55.4 Å². The van der Waals surface area contributed by atoms with Gasteiger partial charge in [-0.05, 0) is 47.5 Å². The lowest BCUT2D eigenvalue weighted by atomic mass is 9.78. The van der Waals surface area contributed by atoms with Crippen LogP contribution in [0, 0.1) is 0 Å². The smallest absolute Gasteiger partial charge is 0.201 e. The van der Waals surface area contributed by atoms with Crippen LogP contribution in [0.3, 0.4) is 0 Å². The van der Waals surface area contributed by atoms with Crippen molar-refractivity contribution in [3.63, 3.8) is 0 Å². The predicted molar refractivity (Wildman–Crippen MR) is 142 cm³/mol. The second kappa shape index (κ2) is 9.58. The first kappa shape index (κ1) is 26.2. The molecular formula is C30H26O11. The molecule has 0 bridgehead atoms. The fourth-order valence-electron chi connectivity index (χ4n) is 5.57. The minimum atomic E-state index is -1.39. The van der Waals surface area contributed by atoms with Gasteiger partial charge in [0.05, 0.1) is 6.10 Å². The molecule has 11 nitrogen and oxygen atoms in total. The van der Waals surface area contributed by atoms with Crippen LogP contribution < -0.4 is 9.47 Å². The molecule has 41 heavy (non-hydrogen) atoms. The van der Waals surface area contributed by atoms with Crippen LogP contribution in [0.1, 0.15) is 45.9 Å². The molecule has 0 saturated heterocycles. The summed E-state index contributed by atoms with van der Waals surface area (Å²) in [5.74, 6) is -3.85. The van der Waals surface area contributed by atoms with E-state index in [4.69, 9.17) is 9.47 Å². The Bertz CT molecular complexity index is 1670. The predicted octanol–water partition coefficient (Wildman–Crippen LogP) is 3.29. The summed E-state index contributed by atoms with van der Waals surface area (Å²) in [5.41, 5.74) is 1.44. The van der Waals surface area contributed by atoms with Gasteiger partial charge in [0.25, 0.3) is 0 Å². The quantitative estimate of drug-likeness (QED) is 0.166. The van der Waals surface area contributed by atoms with Gasteiger partial charge in [0.1, 0.15) is 17.6 Å². The molecule has 4 aromatic carbocycles. The number of fused-ring (bicyclic) bond motifs is 2. The first-order chi connectivity index (χ1) is 19.5. The normalized spacial score (nSPS) is 23.1. The molecule has 11 heteroatoms. The van der Waals surface area contributed by atoms with E-state index >= 15 is 0 Å². The van der Waals surface area contributed by atoms with Crippen LogP contribution in [0.15, 0.2) is 60.7 Å². The van der Waals surface area contributed by atoms with Gasteiger partial charge in [0.15, 0.2) is 46.7 Å². The van der Waals surface area contributed by atoms with Gasteiger partial charge in [-0.15, -0.1) is 0 Å². The third kappa shape index (κ3) is 4.31. The van der Waals surface area contributed by atoms with Crippen LogP contribution in [-0.4, -0.2) is 58.2 Å². The summed E-state index contributed by atoms with van der Waals surface area (Å²) >= 11 is 0. The van der Waals surface area contributed by atoms with E-state index in [-0.39, 0.29) is 40.7 Å². The SMILES string of the molecule is Oc1ccc2c(c1)O[C@H](c1ccc(O)c(O)c1)[C@@H](O)[C@H]2c1cc2c(c(O)c1O)O[C@H](c1ccc(O)c(O)c1)[C@@H](O)C2. The van der Waals surface area contributed by atoms with Crippen molar-refractivity contribution in [1.29, 1.82) is 0 Å². The second-order valence-electron chi connectivity index (χ2n) is 10.2. The van der Waals surface area contributed by atoms with E-state index in [1.807, 2.05) is 0 Å². The molecule has 212 valence electrons. The van der Waals surface area contributed by atoms with E-state index in [9.17, 15) is 46.0 Å². The van der Waals surface area contributed by atoms with Crippen molar-refractivity contribution >= 4 is 0 Å². The molecule has 0 amide bonds. The van der Waals surface area contributed by atoms with Crippen LogP contribution in [0.4, 0.5) is 0 Å². The molecule has 0 fully saturated rings. The van der Waals surface area contributed by atoms with E-state index in [0.717, 1.165) is 0 Å². The maximum atomic E-state index is 11.6. The fraction of sp³-hybridized carbons (Fsp3) is 0.200. The third-order valence-electron chi connectivity index (χ3n) is 7.59. The van der Waals surface area contributed by atoms with Crippen LogP contribution in [0.5, 0.6) is 51.7 Å². The topological polar surface area (TPSA) is 201 Å². The Hall–Kier alpha value is -5.00. The molecule has 4 aromatic rings. The van der Waals surface area contributed by atoms with Gasteiger partial charge in [-0.3, -0.25) is 0 Å². The number of hydrogen-bond acceptors (Lipinski definition) is 11. The van der Waals surface area contributed by atoms with Gasteiger partial charge in [0.2, 0.25) is 5.75 Å². The molecule has 0 spiro atoms. The average molecular weight is 563 g/mol. The Kier molecular flexibility index (Phi) is 6.13. The Morgan fingerprint density at radius 3 is 1.85 bits per heavy atom. The number of ether oxygens (including phenoxy) is 2. The lowest BCUT2D eigenvalue weighted by Gasteiger charge is -2.38. The molecule has 2 heterocycles. The lowest BCUT2D eigenvalue weighted by Crippen LogP contribution is -2.35. The number of rotatable bonds is 3. The maximum Gasteiger partial charge on any atom is 0.201 e. The highest BCUT2D eigenvalue weighted by molar-refractivity contribution is 5.63. The highest BCUT2D eigenvalue weighted by Gasteiger charge is 2.43. The van der Waals surface area contributed by atoms with E-state index < -0.39 is 53.3 Å². The second-order valence-corrected chi connectivity index (χ2v) is 10.2. The summed E-state index contributed by atoms with van der Waals surface area (Å²) in [6, 6.07) is 13.6. The van der Waals surface area contributed by atoms with Crippen molar-refractivity contribution in [2.75, 3.05) is 0 Å². The van der Waals surface area contributed by atoms with Crippen molar-refractivity contribution in [2.24, 2.45) is 0 Å². The maximum absolute atomic E-state index is 11.6. The summed E-state index contributed by atoms with van der Waals surface area (Å²) in [6.45, 7) is 0. The molecule has 2 aliphatic rings. The fourth-order valence-corrected chi connectivity index (χ4v) is 5.57. The first-order valence-corrected chi connectivity index (χ1v) is 12.7. The zero-order valence-corrected chi connectivity index (χ0v) is 21.2. The lowest BCUT2D eigenvalue weighted by molar-refractivity contribution is 0.00704. The van der Waals surface area contributed by atoms with Crippen LogP contribution >= 0.6 is 0 Å². The zero-order valence-electron chi connectivity index (χ0n) is 21.2. The van der Waals surface area contributed by atoms with Crippen LogP contribution in [-0.2, 0) is 6.42 Å². The molecule has 0 saturated carbocycles. The first-order valence-electron chi connectivity index (χ1n) is 12.7. The summed E-state index contributed by atoms with van der Waals surface area (Å²) in [5, 5.41) is 94.2. The minimum absolute atomic E-state index is 0.0283. The average Bonchev–Trinajstić information content (AvgIpc) is 2.94. The molecule has 9 N–H and O–H groups in total. The number of aromatic hydroxyl groups is 7. The van der Waals surface area contributed by atoms with Gasteiger partial charge in [-0.1, -0.05) is 18.2 Å². The van der Waals surface area contributed by atoms with Crippen molar-refractivity contribution in [2.45, 2.75) is 36.8 Å². The number of phenolic OH excluding ortho intramolecular Hbond substituents is 7. The number of phenols is 7. The molecule has 2 aliphatic heterocycles. The largest absolute Gasteiger partial charge is 0.508 e. The van der Waals surface area contributed by atoms with E-state index in [1.54, 1.807) is 0 Å². The number of aliphatic hydroxyl groups is 2. The van der Waals surface area contributed by atoms with Gasteiger partial charge in [0, 0.05) is 35.1 Å². The Morgan fingerprint density at radius 1 is 0.585 bits per heavy atom. The number of aliphatic hydroxyl groups excluding tert-OH is 2. The van der Waals surface area contributed by atoms with E-state index in [2.05, 4.69) is 0 Å². The number of benzene rings is 4. The Balaban J connectivity index is 1.44. The summed E-state index contributed by atoms with van der Waals surface area (Å²) in [4.78, 5) is 0. The molecule has 0 aliphatic carbocycles. The van der Waals surface area contributed by atoms with Crippen LogP contribution in [0.25, 0.3) is 0 Å². The molecule has 0 aromatic heterocycles.